The minimum Gasteiger partial charge on any atom is -0.444 e. The Labute approximate surface area is 170 Å². The summed E-state index contributed by atoms with van der Waals surface area (Å²) in [6.07, 6.45) is 3.92. The number of amides is 1. The summed E-state index contributed by atoms with van der Waals surface area (Å²) in [5.41, 5.74) is 0.210. The molecule has 1 aliphatic heterocycles. The smallest absolute Gasteiger partial charge is 0.410 e. The number of Topliss-reactive ketones (excluding diaryl/α,β-unsaturated/α-hetero) is 1. The third-order valence-electron chi connectivity index (χ3n) is 5.29. The topological polar surface area (TPSA) is 88.8 Å². The summed E-state index contributed by atoms with van der Waals surface area (Å²) < 4.78 is 7.28. The van der Waals surface area contributed by atoms with Crippen LogP contribution in [0.3, 0.4) is 0 Å². The molecule has 2 aromatic heterocycles. The molecule has 0 spiro atoms. The molecule has 2 fully saturated rings. The molecule has 1 atom stereocenters. The van der Waals surface area contributed by atoms with E-state index < -0.39 is 5.60 Å². The highest BCUT2D eigenvalue weighted by Gasteiger charge is 2.32. The van der Waals surface area contributed by atoms with E-state index in [4.69, 9.17) is 4.74 Å². The second-order valence-electron chi connectivity index (χ2n) is 8.98. The third kappa shape index (κ3) is 4.68. The first-order chi connectivity index (χ1) is 13.8. The van der Waals surface area contributed by atoms with Crippen LogP contribution in [0.1, 0.15) is 52.3 Å². The number of fused-ring (bicyclic) bond motifs is 1. The maximum Gasteiger partial charge on any atom is 0.410 e. The first kappa shape index (κ1) is 19.7. The van der Waals surface area contributed by atoms with Crippen LogP contribution in [0, 0.1) is 5.92 Å². The van der Waals surface area contributed by atoms with Crippen LogP contribution in [0.5, 0.6) is 0 Å². The lowest BCUT2D eigenvalue weighted by molar-refractivity contribution is -0.119. The number of pyridine rings is 1. The van der Waals surface area contributed by atoms with Crippen LogP contribution in [0.4, 0.5) is 10.6 Å². The average molecular weight is 399 g/mol. The zero-order valence-corrected chi connectivity index (χ0v) is 17.4. The van der Waals surface area contributed by atoms with Gasteiger partial charge in [0.05, 0.1) is 12.5 Å². The third-order valence-corrected chi connectivity index (χ3v) is 5.29. The SMILES string of the molecule is CC(C)(C)OC(=O)N1CCCC1CNc1cccc2nc(CC(=O)C3CC3)nn12. The number of rotatable bonds is 6. The molecule has 1 amide bonds. The second kappa shape index (κ2) is 7.65. The molecule has 2 aromatic rings. The molecule has 0 radical (unpaired) electrons. The van der Waals surface area contributed by atoms with Crippen LogP contribution >= 0.6 is 0 Å². The highest BCUT2D eigenvalue weighted by Crippen LogP contribution is 2.30. The molecule has 3 heterocycles. The molecule has 1 unspecified atom stereocenters. The maximum atomic E-state index is 12.5. The van der Waals surface area contributed by atoms with E-state index in [1.807, 2.05) is 39.0 Å². The Kier molecular flexibility index (Phi) is 5.19. The van der Waals surface area contributed by atoms with Crippen molar-refractivity contribution in [3.63, 3.8) is 0 Å². The van der Waals surface area contributed by atoms with Crippen molar-refractivity contribution < 1.29 is 14.3 Å². The molecule has 156 valence electrons. The highest BCUT2D eigenvalue weighted by atomic mass is 16.6. The van der Waals surface area contributed by atoms with Crippen molar-refractivity contribution in [1.82, 2.24) is 19.5 Å². The molecule has 2 aliphatic rings. The first-order valence-corrected chi connectivity index (χ1v) is 10.4. The van der Waals surface area contributed by atoms with Crippen LogP contribution in [-0.2, 0) is 16.0 Å². The van der Waals surface area contributed by atoms with E-state index in [0.717, 1.165) is 31.5 Å². The average Bonchev–Trinajstić information content (AvgIpc) is 3.24. The van der Waals surface area contributed by atoms with Crippen molar-refractivity contribution in [3.8, 4) is 0 Å². The van der Waals surface area contributed by atoms with Gasteiger partial charge in [0.25, 0.3) is 0 Å². The normalized spacial score (nSPS) is 19.6. The predicted molar refractivity (Wildman–Crippen MR) is 109 cm³/mol. The number of ether oxygens (including phenoxy) is 1. The largest absolute Gasteiger partial charge is 0.444 e. The van der Waals surface area contributed by atoms with Crippen LogP contribution < -0.4 is 5.32 Å². The lowest BCUT2D eigenvalue weighted by Gasteiger charge is -2.28. The summed E-state index contributed by atoms with van der Waals surface area (Å²) in [7, 11) is 0. The van der Waals surface area contributed by atoms with Crippen molar-refractivity contribution in [3.05, 3.63) is 24.0 Å². The van der Waals surface area contributed by atoms with E-state index in [0.29, 0.717) is 31.0 Å². The van der Waals surface area contributed by atoms with E-state index in [9.17, 15) is 9.59 Å². The maximum absolute atomic E-state index is 12.5. The standard InChI is InChI=1S/C21H29N5O3/c1-21(2,3)29-20(28)25-11-5-6-15(25)13-22-18-7-4-8-19-23-17(24-26(18)19)12-16(27)14-9-10-14/h4,7-8,14-15,22H,5-6,9-13H2,1-3H3. The Morgan fingerprint density at radius 3 is 2.76 bits per heavy atom. The van der Waals surface area contributed by atoms with Crippen LogP contribution in [-0.4, -0.2) is 56.1 Å². The summed E-state index contributed by atoms with van der Waals surface area (Å²) in [4.78, 5) is 30.9. The van der Waals surface area contributed by atoms with E-state index in [2.05, 4.69) is 15.4 Å². The molecule has 1 aliphatic carbocycles. The van der Waals surface area contributed by atoms with Gasteiger partial charge in [-0.15, -0.1) is 5.10 Å². The molecule has 1 saturated heterocycles. The summed E-state index contributed by atoms with van der Waals surface area (Å²) in [5.74, 6) is 1.80. The molecule has 8 heteroatoms. The van der Waals surface area contributed by atoms with Gasteiger partial charge in [-0.1, -0.05) is 6.07 Å². The number of hydrogen-bond acceptors (Lipinski definition) is 6. The Hall–Kier alpha value is -2.64. The van der Waals surface area contributed by atoms with Crippen molar-refractivity contribution in [1.29, 1.82) is 0 Å². The van der Waals surface area contributed by atoms with E-state index in [1.54, 1.807) is 9.42 Å². The number of nitrogens with zero attached hydrogens (tertiary/aromatic N) is 4. The summed E-state index contributed by atoms with van der Waals surface area (Å²) in [6.45, 7) is 6.96. The molecule has 8 nitrogen and oxygen atoms in total. The molecular weight excluding hydrogens is 370 g/mol. The van der Waals surface area contributed by atoms with Gasteiger partial charge < -0.3 is 15.0 Å². The predicted octanol–water partition coefficient (Wildman–Crippen LogP) is 3.06. The Morgan fingerprint density at radius 1 is 1.24 bits per heavy atom. The number of nitrogens with one attached hydrogen (secondary N) is 1. The van der Waals surface area contributed by atoms with E-state index in [-0.39, 0.29) is 23.8 Å². The number of carbonyl (C=O) groups excluding carboxylic acids is 2. The van der Waals surface area contributed by atoms with Gasteiger partial charge in [-0.3, -0.25) is 4.79 Å². The van der Waals surface area contributed by atoms with Gasteiger partial charge >= 0.3 is 6.09 Å². The molecule has 0 bridgehead atoms. The van der Waals surface area contributed by atoms with E-state index in [1.165, 1.54) is 0 Å². The van der Waals surface area contributed by atoms with Gasteiger partial charge in [0.2, 0.25) is 0 Å². The monoisotopic (exact) mass is 399 g/mol. The van der Waals surface area contributed by atoms with Crippen molar-refractivity contribution in [2.75, 3.05) is 18.4 Å². The van der Waals surface area contributed by atoms with Gasteiger partial charge in [0.1, 0.15) is 17.2 Å². The molecular formula is C21H29N5O3. The van der Waals surface area contributed by atoms with Gasteiger partial charge in [-0.25, -0.2) is 9.78 Å². The minimum atomic E-state index is -0.502. The van der Waals surface area contributed by atoms with E-state index >= 15 is 0 Å². The summed E-state index contributed by atoms with van der Waals surface area (Å²) >= 11 is 0. The minimum absolute atomic E-state index is 0.0690. The molecule has 1 N–H and O–H groups in total. The highest BCUT2D eigenvalue weighted by molar-refractivity contribution is 5.84. The molecule has 0 aromatic carbocycles. The molecule has 4 rings (SSSR count). The van der Waals surface area contributed by atoms with Gasteiger partial charge in [0, 0.05) is 19.0 Å². The van der Waals surface area contributed by atoms with Crippen LogP contribution in [0.2, 0.25) is 0 Å². The second-order valence-corrected chi connectivity index (χ2v) is 8.98. The number of hydrogen-bond donors (Lipinski definition) is 1. The van der Waals surface area contributed by atoms with Gasteiger partial charge in [-0.05, 0) is 58.6 Å². The van der Waals surface area contributed by atoms with Gasteiger partial charge in [-0.2, -0.15) is 4.52 Å². The lowest BCUT2D eigenvalue weighted by Crippen LogP contribution is -2.42. The Morgan fingerprint density at radius 2 is 2.03 bits per heavy atom. The first-order valence-electron chi connectivity index (χ1n) is 10.4. The van der Waals surface area contributed by atoms with Crippen molar-refractivity contribution >= 4 is 23.3 Å². The zero-order valence-electron chi connectivity index (χ0n) is 17.4. The molecule has 1 saturated carbocycles. The molecule has 29 heavy (non-hydrogen) atoms. The van der Waals surface area contributed by atoms with Gasteiger partial charge in [0.15, 0.2) is 11.5 Å². The quantitative estimate of drug-likeness (QED) is 0.803. The number of carbonyl (C=O) groups is 2. The number of likely N-dealkylation sites (tertiary alicyclic amines) is 1. The Bertz CT molecular complexity index is 913. The fourth-order valence-electron chi connectivity index (χ4n) is 3.70. The fraction of sp³-hybridized carbons (Fsp3) is 0.619. The summed E-state index contributed by atoms with van der Waals surface area (Å²) in [6, 6.07) is 5.80. The van der Waals surface area contributed by atoms with Crippen molar-refractivity contribution in [2.24, 2.45) is 5.92 Å². The number of aromatic nitrogens is 3. The van der Waals surface area contributed by atoms with Crippen LogP contribution in [0.15, 0.2) is 18.2 Å². The lowest BCUT2D eigenvalue weighted by atomic mass is 10.2. The number of ketones is 1. The Balaban J connectivity index is 1.43. The number of anilines is 1. The van der Waals surface area contributed by atoms with Crippen LogP contribution in [0.25, 0.3) is 5.65 Å². The zero-order chi connectivity index (χ0) is 20.6. The van der Waals surface area contributed by atoms with Crippen molar-refractivity contribution in [2.45, 2.75) is 64.5 Å². The fourth-order valence-corrected chi connectivity index (χ4v) is 3.70. The summed E-state index contributed by atoms with van der Waals surface area (Å²) in [5, 5.41) is 7.93.